The average molecular weight is 280 g/mol. The number of nitrogens with one attached hydrogen (secondary N) is 1. The summed E-state index contributed by atoms with van der Waals surface area (Å²) in [5.41, 5.74) is 2.68. The summed E-state index contributed by atoms with van der Waals surface area (Å²) in [6.07, 6.45) is 1.09. The van der Waals surface area contributed by atoms with Gasteiger partial charge in [0.1, 0.15) is 0 Å². The van der Waals surface area contributed by atoms with Crippen molar-refractivity contribution in [2.24, 2.45) is 0 Å². The number of hydrogen-bond donors (Lipinski definition) is 1. The zero-order chi connectivity index (χ0) is 13.2. The summed E-state index contributed by atoms with van der Waals surface area (Å²) in [6, 6.07) is 6.87. The van der Waals surface area contributed by atoms with Crippen LogP contribution in [0.4, 0.5) is 5.69 Å². The predicted molar refractivity (Wildman–Crippen MR) is 81.3 cm³/mol. The van der Waals surface area contributed by atoms with E-state index in [0.717, 1.165) is 50.7 Å². The van der Waals surface area contributed by atoms with E-state index < -0.39 is 0 Å². The molecule has 1 unspecified atom stereocenters. The van der Waals surface area contributed by atoms with Crippen LogP contribution in [-0.4, -0.2) is 50.2 Å². The highest BCUT2D eigenvalue weighted by Gasteiger charge is 2.31. The first-order valence-electron chi connectivity index (χ1n) is 7.26. The van der Waals surface area contributed by atoms with Crippen LogP contribution in [0.25, 0.3) is 0 Å². The molecule has 0 aromatic heterocycles. The third-order valence-electron chi connectivity index (χ3n) is 4.30. The van der Waals surface area contributed by atoms with Crippen molar-refractivity contribution in [1.29, 1.82) is 0 Å². The van der Waals surface area contributed by atoms with E-state index in [4.69, 9.17) is 11.6 Å². The maximum absolute atomic E-state index is 6.35. The maximum Gasteiger partial charge on any atom is 0.0459 e. The smallest absolute Gasteiger partial charge is 0.0459 e. The number of likely N-dealkylation sites (N-methyl/N-ethyl adjacent to an activating group) is 1. The zero-order valence-corrected chi connectivity index (χ0v) is 12.3. The Kier molecular flexibility index (Phi) is 3.96. The highest BCUT2D eigenvalue weighted by Crippen LogP contribution is 2.36. The summed E-state index contributed by atoms with van der Waals surface area (Å²) in [7, 11) is 0. The molecule has 0 aliphatic carbocycles. The minimum atomic E-state index is 0.581. The molecule has 2 aliphatic rings. The summed E-state index contributed by atoms with van der Waals surface area (Å²) in [5.74, 6) is 0. The van der Waals surface area contributed by atoms with E-state index in [1.165, 1.54) is 11.3 Å². The van der Waals surface area contributed by atoms with Gasteiger partial charge in [-0.3, -0.25) is 4.90 Å². The molecule has 3 rings (SSSR count). The predicted octanol–water partition coefficient (Wildman–Crippen LogP) is 2.00. The van der Waals surface area contributed by atoms with E-state index in [1.807, 2.05) is 6.07 Å². The van der Waals surface area contributed by atoms with Crippen molar-refractivity contribution in [1.82, 2.24) is 10.2 Å². The number of anilines is 1. The van der Waals surface area contributed by atoms with Crippen molar-refractivity contribution in [3.63, 3.8) is 0 Å². The summed E-state index contributed by atoms with van der Waals surface area (Å²) in [4.78, 5) is 5.09. The van der Waals surface area contributed by atoms with Crippen LogP contribution >= 0.6 is 11.6 Å². The maximum atomic E-state index is 6.35. The van der Waals surface area contributed by atoms with Gasteiger partial charge in [0.15, 0.2) is 0 Å². The third-order valence-corrected chi connectivity index (χ3v) is 4.66. The lowest BCUT2D eigenvalue weighted by Gasteiger charge is -2.34. The minimum absolute atomic E-state index is 0.581. The number of fused-ring (bicyclic) bond motifs is 1. The van der Waals surface area contributed by atoms with E-state index in [9.17, 15) is 0 Å². The van der Waals surface area contributed by atoms with Crippen molar-refractivity contribution in [2.45, 2.75) is 19.4 Å². The summed E-state index contributed by atoms with van der Waals surface area (Å²) >= 11 is 6.35. The Labute approximate surface area is 120 Å². The molecule has 4 heteroatoms. The van der Waals surface area contributed by atoms with Crippen LogP contribution in [-0.2, 0) is 6.42 Å². The number of hydrogen-bond acceptors (Lipinski definition) is 3. The Hall–Kier alpha value is -0.770. The zero-order valence-electron chi connectivity index (χ0n) is 11.5. The molecule has 3 nitrogen and oxygen atoms in total. The van der Waals surface area contributed by atoms with Crippen molar-refractivity contribution in [3.05, 3.63) is 28.8 Å². The number of halogens is 1. The Morgan fingerprint density at radius 1 is 1.32 bits per heavy atom. The van der Waals surface area contributed by atoms with Gasteiger partial charge in [-0.15, -0.1) is 0 Å². The normalized spacial score (nSPS) is 23.7. The van der Waals surface area contributed by atoms with Crippen molar-refractivity contribution in [2.75, 3.05) is 44.2 Å². The molecule has 104 valence electrons. The lowest BCUT2D eigenvalue weighted by Crippen LogP contribution is -2.49. The molecule has 0 radical (unpaired) electrons. The van der Waals surface area contributed by atoms with Gasteiger partial charge in [-0.05, 0) is 31.0 Å². The second-order valence-electron chi connectivity index (χ2n) is 5.43. The number of nitrogens with zero attached hydrogens (tertiary/aromatic N) is 2. The molecule has 0 spiro atoms. The fourth-order valence-corrected chi connectivity index (χ4v) is 3.59. The molecule has 0 saturated carbocycles. The molecule has 1 saturated heterocycles. The van der Waals surface area contributed by atoms with Crippen LogP contribution in [0.1, 0.15) is 12.5 Å². The molecule has 0 amide bonds. The van der Waals surface area contributed by atoms with Crippen LogP contribution < -0.4 is 10.2 Å². The number of benzene rings is 1. The average Bonchev–Trinajstić information content (AvgIpc) is 2.79. The second kappa shape index (κ2) is 5.70. The first-order valence-corrected chi connectivity index (χ1v) is 7.64. The molecule has 0 bridgehead atoms. The molecule has 19 heavy (non-hydrogen) atoms. The van der Waals surface area contributed by atoms with Gasteiger partial charge in [0, 0.05) is 56.0 Å². The number of rotatable bonds is 3. The topological polar surface area (TPSA) is 18.5 Å². The van der Waals surface area contributed by atoms with Gasteiger partial charge < -0.3 is 10.2 Å². The van der Waals surface area contributed by atoms with Crippen molar-refractivity contribution < 1.29 is 0 Å². The monoisotopic (exact) mass is 279 g/mol. The van der Waals surface area contributed by atoms with Gasteiger partial charge in [0.2, 0.25) is 0 Å². The Morgan fingerprint density at radius 2 is 2.11 bits per heavy atom. The molecular weight excluding hydrogens is 258 g/mol. The first-order chi connectivity index (χ1) is 9.29. The summed E-state index contributed by atoms with van der Waals surface area (Å²) < 4.78 is 0. The van der Waals surface area contributed by atoms with Crippen LogP contribution in [0.2, 0.25) is 5.02 Å². The summed E-state index contributed by atoms with van der Waals surface area (Å²) in [5, 5.41) is 4.34. The van der Waals surface area contributed by atoms with Gasteiger partial charge in [-0.1, -0.05) is 17.7 Å². The van der Waals surface area contributed by atoms with Crippen molar-refractivity contribution in [3.8, 4) is 0 Å². The van der Waals surface area contributed by atoms with Gasteiger partial charge in [0.25, 0.3) is 0 Å². The second-order valence-corrected chi connectivity index (χ2v) is 5.84. The SMILES string of the molecule is CCN1c2cccc(Cl)c2CC1CN1CCNCC1. The fourth-order valence-electron chi connectivity index (χ4n) is 3.34. The summed E-state index contributed by atoms with van der Waals surface area (Å²) in [6.45, 7) is 9.01. The minimum Gasteiger partial charge on any atom is -0.367 e. The molecule has 2 aliphatic heterocycles. The lowest BCUT2D eigenvalue weighted by molar-refractivity contribution is 0.226. The van der Waals surface area contributed by atoms with E-state index in [0.29, 0.717) is 6.04 Å². The molecule has 1 fully saturated rings. The molecule has 1 N–H and O–H groups in total. The van der Waals surface area contributed by atoms with Crippen LogP contribution in [0, 0.1) is 0 Å². The fraction of sp³-hybridized carbons (Fsp3) is 0.600. The van der Waals surface area contributed by atoms with Crippen molar-refractivity contribution >= 4 is 17.3 Å². The molecule has 1 aromatic carbocycles. The van der Waals surface area contributed by atoms with E-state index in [1.54, 1.807) is 0 Å². The van der Waals surface area contributed by atoms with E-state index in [-0.39, 0.29) is 0 Å². The van der Waals surface area contributed by atoms with Gasteiger partial charge in [-0.25, -0.2) is 0 Å². The highest BCUT2D eigenvalue weighted by molar-refractivity contribution is 6.31. The Morgan fingerprint density at radius 3 is 2.84 bits per heavy atom. The van der Waals surface area contributed by atoms with Gasteiger partial charge in [-0.2, -0.15) is 0 Å². The van der Waals surface area contributed by atoms with Crippen LogP contribution in [0.3, 0.4) is 0 Å². The van der Waals surface area contributed by atoms with E-state index in [2.05, 4.69) is 34.2 Å². The quantitative estimate of drug-likeness (QED) is 0.913. The Bertz CT molecular complexity index is 443. The van der Waals surface area contributed by atoms with E-state index >= 15 is 0 Å². The largest absolute Gasteiger partial charge is 0.367 e. The molecule has 1 atom stereocenters. The Balaban J connectivity index is 1.75. The van der Waals surface area contributed by atoms with Crippen LogP contribution in [0.5, 0.6) is 0 Å². The number of piperazine rings is 1. The lowest BCUT2D eigenvalue weighted by atomic mass is 10.1. The van der Waals surface area contributed by atoms with Crippen LogP contribution in [0.15, 0.2) is 18.2 Å². The standard InChI is InChI=1S/C15H22ClN3/c1-2-19-12(11-18-8-6-17-7-9-18)10-13-14(16)4-3-5-15(13)19/h3-5,12,17H,2,6-11H2,1H3. The van der Waals surface area contributed by atoms with Gasteiger partial charge in [0.05, 0.1) is 0 Å². The first kappa shape index (κ1) is 13.2. The third kappa shape index (κ3) is 2.60. The molecular formula is C15H22ClN3. The molecule has 2 heterocycles. The highest BCUT2D eigenvalue weighted by atomic mass is 35.5. The molecule has 1 aromatic rings. The van der Waals surface area contributed by atoms with Gasteiger partial charge >= 0.3 is 0 Å².